The highest BCUT2D eigenvalue weighted by atomic mass is 16.5. The molecule has 1 fully saturated rings. The topological polar surface area (TPSA) is 104 Å². The molecule has 0 unspecified atom stereocenters. The molecule has 1 saturated heterocycles. The van der Waals surface area contributed by atoms with Crippen LogP contribution in [0, 0.1) is 11.8 Å². The highest BCUT2D eigenvalue weighted by Gasteiger charge is 2.26. The summed E-state index contributed by atoms with van der Waals surface area (Å²) in [6.45, 7) is 3.92. The Hall–Kier alpha value is -4.16. The Balaban J connectivity index is 1.45. The van der Waals surface area contributed by atoms with E-state index in [9.17, 15) is 4.79 Å². The first-order chi connectivity index (χ1) is 18.1. The number of fused-ring (bicyclic) bond motifs is 2. The Morgan fingerprint density at radius 2 is 2.16 bits per heavy atom. The van der Waals surface area contributed by atoms with Gasteiger partial charge < -0.3 is 15.4 Å². The Morgan fingerprint density at radius 1 is 1.27 bits per heavy atom. The fraction of sp³-hybridized carbons (Fsp3) is 0.357. The third-order valence-electron chi connectivity index (χ3n) is 6.97. The zero-order valence-electron chi connectivity index (χ0n) is 20.9. The lowest BCUT2D eigenvalue weighted by molar-refractivity contribution is 0.402. The summed E-state index contributed by atoms with van der Waals surface area (Å²) in [7, 11) is 0. The molecule has 188 valence electrons. The van der Waals surface area contributed by atoms with Gasteiger partial charge in [-0.15, -0.1) is 5.92 Å². The Labute approximate surface area is 215 Å². The van der Waals surface area contributed by atoms with Crippen LogP contribution in [0.15, 0.2) is 63.7 Å². The highest BCUT2D eigenvalue weighted by Crippen LogP contribution is 2.36. The number of hydrogen-bond acceptors (Lipinski definition) is 7. The Morgan fingerprint density at radius 3 is 3.03 bits per heavy atom. The molecule has 0 saturated carbocycles. The second-order valence-electron chi connectivity index (χ2n) is 9.52. The number of allylic oxidation sites excluding steroid dienone is 4. The van der Waals surface area contributed by atoms with Crippen LogP contribution < -0.4 is 20.9 Å². The number of aromatic nitrogens is 4. The summed E-state index contributed by atoms with van der Waals surface area (Å²) in [5.41, 5.74) is 9.46. The number of aliphatic imine (C=N–C) groups is 1. The number of anilines is 1. The van der Waals surface area contributed by atoms with Gasteiger partial charge in [-0.05, 0) is 38.3 Å². The van der Waals surface area contributed by atoms with Crippen LogP contribution in [0.3, 0.4) is 0 Å². The first-order valence-electron chi connectivity index (χ1n) is 12.7. The third-order valence-corrected chi connectivity index (χ3v) is 6.97. The smallest absolute Gasteiger partial charge is 0.293 e. The number of benzene rings is 1. The first-order valence-corrected chi connectivity index (χ1v) is 12.7. The van der Waals surface area contributed by atoms with E-state index >= 15 is 0 Å². The maximum atomic E-state index is 13.9. The molecule has 37 heavy (non-hydrogen) atoms. The number of nitrogens with zero attached hydrogens (tertiary/aromatic N) is 6. The van der Waals surface area contributed by atoms with E-state index < -0.39 is 0 Å². The van der Waals surface area contributed by atoms with E-state index in [0.717, 1.165) is 66.7 Å². The minimum atomic E-state index is -0.224. The van der Waals surface area contributed by atoms with Gasteiger partial charge in [-0.25, -0.2) is 14.7 Å². The lowest BCUT2D eigenvalue weighted by atomic mass is 10.0. The van der Waals surface area contributed by atoms with Crippen LogP contribution >= 0.6 is 0 Å². The van der Waals surface area contributed by atoms with Crippen molar-refractivity contribution in [1.82, 2.24) is 19.3 Å². The molecule has 1 atom stereocenters. The van der Waals surface area contributed by atoms with E-state index in [2.05, 4.69) is 27.9 Å². The molecule has 2 N–H and O–H groups in total. The molecule has 2 aromatic heterocycles. The van der Waals surface area contributed by atoms with Gasteiger partial charge in [0.1, 0.15) is 22.5 Å². The van der Waals surface area contributed by atoms with Crippen LogP contribution in [-0.4, -0.2) is 44.2 Å². The van der Waals surface area contributed by atoms with Crippen LogP contribution in [-0.2, 0) is 13.1 Å². The number of piperidine rings is 1. The summed E-state index contributed by atoms with van der Waals surface area (Å²) < 4.78 is 9.60. The molecule has 1 aromatic carbocycles. The molecule has 0 amide bonds. The number of rotatable bonds is 4. The molecule has 0 bridgehead atoms. The minimum Gasteiger partial charge on any atom is -0.459 e. The van der Waals surface area contributed by atoms with Crippen LogP contribution in [0.1, 0.15) is 32.6 Å². The second-order valence-corrected chi connectivity index (χ2v) is 9.52. The predicted molar refractivity (Wildman–Crippen MR) is 144 cm³/mol. The maximum absolute atomic E-state index is 13.9. The van der Waals surface area contributed by atoms with E-state index in [-0.39, 0.29) is 18.1 Å². The Kier molecular flexibility index (Phi) is 6.10. The minimum absolute atomic E-state index is 0.0819. The van der Waals surface area contributed by atoms with Gasteiger partial charge in [0, 0.05) is 31.1 Å². The fourth-order valence-electron chi connectivity index (χ4n) is 5.17. The highest BCUT2D eigenvalue weighted by molar-refractivity contribution is 6.05. The average molecular weight is 496 g/mol. The number of nitrogens with two attached hydrogens (primary N) is 1. The molecular weight excluding hydrogens is 466 g/mol. The van der Waals surface area contributed by atoms with Gasteiger partial charge in [0.2, 0.25) is 5.95 Å². The van der Waals surface area contributed by atoms with Crippen molar-refractivity contribution in [2.75, 3.05) is 18.0 Å². The van der Waals surface area contributed by atoms with Gasteiger partial charge in [0.15, 0.2) is 5.75 Å². The summed E-state index contributed by atoms with van der Waals surface area (Å²) >= 11 is 0. The zero-order valence-corrected chi connectivity index (χ0v) is 20.9. The van der Waals surface area contributed by atoms with Gasteiger partial charge >= 0.3 is 0 Å². The van der Waals surface area contributed by atoms with E-state index in [1.807, 2.05) is 34.9 Å². The number of para-hydroxylation sites is 2. The summed E-state index contributed by atoms with van der Waals surface area (Å²) in [4.78, 5) is 25.7. The van der Waals surface area contributed by atoms with Gasteiger partial charge in [0.05, 0.1) is 25.0 Å². The zero-order chi connectivity index (χ0) is 25.4. The van der Waals surface area contributed by atoms with Crippen molar-refractivity contribution in [3.8, 4) is 17.6 Å². The third kappa shape index (κ3) is 4.34. The van der Waals surface area contributed by atoms with Crippen LogP contribution in [0.5, 0.6) is 5.75 Å². The molecule has 4 heterocycles. The second kappa shape index (κ2) is 9.71. The lowest BCUT2D eigenvalue weighted by Gasteiger charge is -2.31. The van der Waals surface area contributed by atoms with Crippen molar-refractivity contribution in [2.45, 2.75) is 51.7 Å². The average Bonchev–Trinajstić information content (AvgIpc) is 3.21. The predicted octanol–water partition coefficient (Wildman–Crippen LogP) is 3.31. The monoisotopic (exact) mass is 495 g/mol. The molecule has 0 spiro atoms. The number of ether oxygens (including phenoxy) is 1. The maximum Gasteiger partial charge on any atom is 0.293 e. The van der Waals surface area contributed by atoms with Crippen molar-refractivity contribution in [1.29, 1.82) is 0 Å². The molecule has 9 nitrogen and oxygen atoms in total. The molecule has 3 aromatic rings. The molecule has 1 aliphatic carbocycles. The largest absolute Gasteiger partial charge is 0.459 e. The van der Waals surface area contributed by atoms with E-state index in [1.165, 1.54) is 4.68 Å². The van der Waals surface area contributed by atoms with Gasteiger partial charge in [0.25, 0.3) is 5.56 Å². The summed E-state index contributed by atoms with van der Waals surface area (Å²) in [5.74, 6) is 8.36. The molecule has 6 rings (SSSR count). The van der Waals surface area contributed by atoms with Crippen molar-refractivity contribution >= 4 is 28.4 Å². The van der Waals surface area contributed by atoms with E-state index in [4.69, 9.17) is 20.4 Å². The SMILES string of the molecule is CC#CCn1c(N2CCC[C@@H](N)C2)nc2cnn(CC3=Nc4ccccc4OC4=C3C=CCC4)c(=O)c21. The lowest BCUT2D eigenvalue weighted by Crippen LogP contribution is -2.44. The van der Waals surface area contributed by atoms with Gasteiger partial charge in [-0.1, -0.05) is 30.2 Å². The number of hydrogen-bond donors (Lipinski definition) is 1. The molecule has 0 radical (unpaired) electrons. The fourth-order valence-corrected chi connectivity index (χ4v) is 5.17. The molecule has 9 heteroatoms. The van der Waals surface area contributed by atoms with E-state index in [0.29, 0.717) is 24.1 Å². The summed E-state index contributed by atoms with van der Waals surface area (Å²) in [6.07, 6.45) is 9.46. The molecule has 2 aliphatic heterocycles. The normalized spacial score (nSPS) is 18.9. The van der Waals surface area contributed by atoms with Crippen molar-refractivity contribution in [3.63, 3.8) is 0 Å². The summed E-state index contributed by atoms with van der Waals surface area (Å²) in [5, 5.41) is 4.50. The molecular formula is C28H29N7O2. The van der Waals surface area contributed by atoms with Crippen LogP contribution in [0.4, 0.5) is 11.6 Å². The Bertz CT molecular complexity index is 1580. The van der Waals surface area contributed by atoms with Crippen LogP contribution in [0.25, 0.3) is 11.0 Å². The quantitative estimate of drug-likeness (QED) is 0.557. The summed E-state index contributed by atoms with van der Waals surface area (Å²) in [6, 6.07) is 7.79. The van der Waals surface area contributed by atoms with Gasteiger partial charge in [-0.3, -0.25) is 9.36 Å². The first kappa shape index (κ1) is 23.3. The molecule has 3 aliphatic rings. The van der Waals surface area contributed by atoms with Gasteiger partial charge in [-0.2, -0.15) is 5.10 Å². The number of imidazole rings is 1. The van der Waals surface area contributed by atoms with E-state index in [1.54, 1.807) is 13.1 Å². The van der Waals surface area contributed by atoms with Crippen molar-refractivity contribution in [2.24, 2.45) is 10.7 Å². The van der Waals surface area contributed by atoms with Crippen molar-refractivity contribution in [3.05, 3.63) is 64.3 Å². The van der Waals surface area contributed by atoms with Crippen molar-refractivity contribution < 1.29 is 4.74 Å². The van der Waals surface area contributed by atoms with Crippen LogP contribution in [0.2, 0.25) is 0 Å². The standard InChI is InChI=1S/C28H29N7O2/c1-2-3-15-34-26-22(32-28(34)33-14-8-9-19(29)17-33)16-30-35(27(26)36)18-23-20-10-4-6-12-24(20)37-25-13-7-5-11-21(25)31-23/h4-5,7,10-11,13,16,19H,6,8-9,12,14-15,17-18,29H2,1H3/t19-/m1/s1.